The first-order valence-electron chi connectivity index (χ1n) is 6.23. The van der Waals surface area contributed by atoms with Crippen LogP contribution in [0.25, 0.3) is 0 Å². The van der Waals surface area contributed by atoms with Gasteiger partial charge in [-0.1, -0.05) is 6.42 Å². The van der Waals surface area contributed by atoms with Crippen molar-refractivity contribution in [2.75, 3.05) is 27.2 Å². The van der Waals surface area contributed by atoms with E-state index in [4.69, 9.17) is 0 Å². The summed E-state index contributed by atoms with van der Waals surface area (Å²) in [7, 11) is -0.120. The Bertz CT molecular complexity index is 557. The largest absolute Gasteiger partial charge is 0.344 e. The molecule has 5 nitrogen and oxygen atoms in total. The van der Waals surface area contributed by atoms with Gasteiger partial charge in [-0.25, -0.2) is 8.42 Å². The number of hydrogen-bond acceptors (Lipinski definition) is 4. The minimum atomic E-state index is -3.43. The number of carbonyl (C=O) groups is 1. The van der Waals surface area contributed by atoms with Crippen LogP contribution in [0.2, 0.25) is 0 Å². The third-order valence-electron chi connectivity index (χ3n) is 3.15. The minimum Gasteiger partial charge on any atom is -0.344 e. The van der Waals surface area contributed by atoms with Gasteiger partial charge in [0.1, 0.15) is 0 Å². The summed E-state index contributed by atoms with van der Waals surface area (Å²) in [6.07, 6.45) is 2.90. The van der Waals surface area contributed by atoms with Crippen LogP contribution in [0.15, 0.2) is 16.3 Å². The Morgan fingerprint density at radius 3 is 2.47 bits per heavy atom. The Morgan fingerprint density at radius 2 is 1.89 bits per heavy atom. The molecule has 2 rings (SSSR count). The van der Waals surface area contributed by atoms with E-state index >= 15 is 0 Å². The summed E-state index contributed by atoms with van der Waals surface area (Å²) < 4.78 is 26.3. The SMILES string of the molecule is CN(C)C(=O)c1cc(S(=O)(=O)N2CCCCC2)cs1. The number of sulfonamides is 1. The van der Waals surface area contributed by atoms with Crippen LogP contribution in [-0.4, -0.2) is 50.7 Å². The molecule has 1 aromatic rings. The molecule has 1 aromatic heterocycles. The molecule has 0 spiro atoms. The lowest BCUT2D eigenvalue weighted by molar-refractivity contribution is 0.0832. The Kier molecular flexibility index (Phi) is 4.27. The second kappa shape index (κ2) is 5.60. The quantitative estimate of drug-likeness (QED) is 0.852. The standard InChI is InChI=1S/C12H18N2O3S2/c1-13(2)12(15)11-8-10(9-18-11)19(16,17)14-6-4-3-5-7-14/h8-9H,3-7H2,1-2H3. The van der Waals surface area contributed by atoms with Crippen molar-refractivity contribution in [3.8, 4) is 0 Å². The van der Waals surface area contributed by atoms with Crippen molar-refractivity contribution in [3.05, 3.63) is 16.3 Å². The lowest BCUT2D eigenvalue weighted by Crippen LogP contribution is -2.35. The summed E-state index contributed by atoms with van der Waals surface area (Å²) >= 11 is 1.18. The van der Waals surface area contributed by atoms with E-state index < -0.39 is 10.0 Å². The molecule has 0 radical (unpaired) electrons. The van der Waals surface area contributed by atoms with E-state index in [-0.39, 0.29) is 10.8 Å². The summed E-state index contributed by atoms with van der Waals surface area (Å²) in [5.74, 6) is -0.162. The maximum absolute atomic E-state index is 12.4. The molecule has 1 aliphatic heterocycles. The van der Waals surface area contributed by atoms with Crippen LogP contribution in [-0.2, 0) is 10.0 Å². The number of rotatable bonds is 3. The number of nitrogens with zero attached hydrogens (tertiary/aromatic N) is 2. The van der Waals surface area contributed by atoms with Gasteiger partial charge >= 0.3 is 0 Å². The number of hydrogen-bond donors (Lipinski definition) is 0. The van der Waals surface area contributed by atoms with E-state index in [0.29, 0.717) is 18.0 Å². The first kappa shape index (κ1) is 14.5. The molecule has 0 bridgehead atoms. The van der Waals surface area contributed by atoms with Gasteiger partial charge < -0.3 is 4.90 Å². The highest BCUT2D eigenvalue weighted by molar-refractivity contribution is 7.89. The molecule has 2 heterocycles. The highest BCUT2D eigenvalue weighted by Crippen LogP contribution is 2.25. The van der Waals surface area contributed by atoms with Gasteiger partial charge in [-0.15, -0.1) is 11.3 Å². The molecule has 106 valence electrons. The molecule has 1 fully saturated rings. The van der Waals surface area contributed by atoms with Gasteiger partial charge in [-0.3, -0.25) is 4.79 Å². The molecule has 0 unspecified atom stereocenters. The normalized spacial score (nSPS) is 17.4. The van der Waals surface area contributed by atoms with Crippen molar-refractivity contribution >= 4 is 27.3 Å². The lowest BCUT2D eigenvalue weighted by atomic mass is 10.2. The summed E-state index contributed by atoms with van der Waals surface area (Å²) in [6.45, 7) is 1.16. The van der Waals surface area contributed by atoms with Gasteiger partial charge in [0.05, 0.1) is 9.77 Å². The van der Waals surface area contributed by atoms with Crippen molar-refractivity contribution in [1.29, 1.82) is 0 Å². The van der Waals surface area contributed by atoms with Crippen LogP contribution >= 0.6 is 11.3 Å². The Morgan fingerprint density at radius 1 is 1.26 bits per heavy atom. The second-order valence-electron chi connectivity index (χ2n) is 4.81. The summed E-state index contributed by atoms with van der Waals surface area (Å²) in [5.41, 5.74) is 0. The molecule has 0 aliphatic carbocycles. The van der Waals surface area contributed by atoms with Crippen molar-refractivity contribution in [2.45, 2.75) is 24.2 Å². The smallest absolute Gasteiger partial charge is 0.263 e. The fourth-order valence-electron chi connectivity index (χ4n) is 2.04. The highest BCUT2D eigenvalue weighted by Gasteiger charge is 2.27. The maximum Gasteiger partial charge on any atom is 0.263 e. The molecule has 0 saturated carbocycles. The molecule has 0 atom stereocenters. The molecule has 0 N–H and O–H groups in total. The number of carbonyl (C=O) groups excluding carboxylic acids is 1. The minimum absolute atomic E-state index is 0.162. The van der Waals surface area contributed by atoms with Gasteiger partial charge in [0.15, 0.2) is 0 Å². The average molecular weight is 302 g/mol. The van der Waals surface area contributed by atoms with Crippen LogP contribution in [0.1, 0.15) is 28.9 Å². The van der Waals surface area contributed by atoms with E-state index in [0.717, 1.165) is 19.3 Å². The Balaban J connectivity index is 2.24. The molecular formula is C12H18N2O3S2. The molecule has 7 heteroatoms. The number of amides is 1. The number of piperidine rings is 1. The zero-order chi connectivity index (χ0) is 14.0. The third kappa shape index (κ3) is 2.98. The van der Waals surface area contributed by atoms with Gasteiger partial charge in [0.2, 0.25) is 10.0 Å². The molecular weight excluding hydrogens is 284 g/mol. The fraction of sp³-hybridized carbons (Fsp3) is 0.583. The van der Waals surface area contributed by atoms with E-state index in [2.05, 4.69) is 0 Å². The van der Waals surface area contributed by atoms with E-state index in [9.17, 15) is 13.2 Å². The Hall–Kier alpha value is -0.920. The molecule has 1 amide bonds. The maximum atomic E-state index is 12.4. The highest BCUT2D eigenvalue weighted by atomic mass is 32.2. The van der Waals surface area contributed by atoms with Crippen LogP contribution < -0.4 is 0 Å². The van der Waals surface area contributed by atoms with Gasteiger partial charge in [0, 0.05) is 32.6 Å². The first-order chi connectivity index (χ1) is 8.93. The molecule has 1 aliphatic rings. The Labute approximate surface area is 117 Å². The monoisotopic (exact) mass is 302 g/mol. The molecule has 19 heavy (non-hydrogen) atoms. The molecule has 0 aromatic carbocycles. The summed E-state index contributed by atoms with van der Waals surface area (Å²) in [4.78, 5) is 13.9. The predicted octanol–water partition coefficient (Wildman–Crippen LogP) is 1.62. The first-order valence-corrected chi connectivity index (χ1v) is 8.55. The predicted molar refractivity (Wildman–Crippen MR) is 74.9 cm³/mol. The second-order valence-corrected chi connectivity index (χ2v) is 7.66. The summed E-state index contributed by atoms with van der Waals surface area (Å²) in [5, 5.41) is 1.56. The van der Waals surface area contributed by atoms with Crippen molar-refractivity contribution in [3.63, 3.8) is 0 Å². The lowest BCUT2D eigenvalue weighted by Gasteiger charge is -2.25. The third-order valence-corrected chi connectivity index (χ3v) is 6.09. The molecule has 1 saturated heterocycles. The zero-order valence-corrected chi connectivity index (χ0v) is 12.8. The topological polar surface area (TPSA) is 57.7 Å². The van der Waals surface area contributed by atoms with E-state index in [1.165, 1.54) is 26.6 Å². The van der Waals surface area contributed by atoms with Gasteiger partial charge in [-0.05, 0) is 18.9 Å². The van der Waals surface area contributed by atoms with Crippen LogP contribution in [0.3, 0.4) is 0 Å². The van der Waals surface area contributed by atoms with Gasteiger partial charge in [-0.2, -0.15) is 4.31 Å². The van der Waals surface area contributed by atoms with E-state index in [1.807, 2.05) is 0 Å². The van der Waals surface area contributed by atoms with Crippen molar-refractivity contribution < 1.29 is 13.2 Å². The number of thiophene rings is 1. The van der Waals surface area contributed by atoms with Crippen molar-refractivity contribution in [2.24, 2.45) is 0 Å². The average Bonchev–Trinajstić information content (AvgIpc) is 2.89. The zero-order valence-electron chi connectivity index (χ0n) is 11.1. The van der Waals surface area contributed by atoms with Crippen molar-refractivity contribution in [1.82, 2.24) is 9.21 Å². The fourth-order valence-corrected chi connectivity index (χ4v) is 4.84. The van der Waals surface area contributed by atoms with Crippen LogP contribution in [0.4, 0.5) is 0 Å². The van der Waals surface area contributed by atoms with E-state index in [1.54, 1.807) is 19.5 Å². The van der Waals surface area contributed by atoms with Gasteiger partial charge in [0.25, 0.3) is 5.91 Å². The van der Waals surface area contributed by atoms with Crippen LogP contribution in [0, 0.1) is 0 Å². The van der Waals surface area contributed by atoms with Crippen LogP contribution in [0.5, 0.6) is 0 Å². The summed E-state index contributed by atoms with van der Waals surface area (Å²) in [6, 6.07) is 1.48.